The van der Waals surface area contributed by atoms with Gasteiger partial charge in [0.15, 0.2) is 0 Å². The van der Waals surface area contributed by atoms with Crippen molar-refractivity contribution in [3.8, 4) is 0 Å². The Morgan fingerprint density at radius 1 is 1.09 bits per heavy atom. The lowest BCUT2D eigenvalue weighted by molar-refractivity contribution is -0.205. The molecule has 0 spiro atoms. The van der Waals surface area contributed by atoms with Crippen molar-refractivity contribution < 1.29 is 55.4 Å². The van der Waals surface area contributed by atoms with Gasteiger partial charge in [-0.05, 0) is 11.6 Å². The quantitative estimate of drug-likeness (QED) is 0.104. The number of fused-ring (bicyclic) bond motifs is 1. The highest BCUT2D eigenvalue weighted by Gasteiger charge is 2.44. The number of thioether (sulfide) groups is 1. The van der Waals surface area contributed by atoms with Crippen LogP contribution in [0.2, 0.25) is 0 Å². The highest BCUT2D eigenvalue weighted by molar-refractivity contribution is 8.14. The molecule has 33 heavy (non-hydrogen) atoms. The maximum absolute atomic E-state index is 11.7. The van der Waals surface area contributed by atoms with Crippen LogP contribution >= 0.6 is 11.8 Å². The van der Waals surface area contributed by atoms with E-state index in [1.165, 1.54) is 18.2 Å². The largest absolute Gasteiger partial charge is 0.466 e. The Balaban J connectivity index is 1.98. The minimum atomic E-state index is -5.04. The number of nitrogens with zero attached hydrogens (tertiary/aromatic N) is 2. The molecule has 0 bridgehead atoms. The summed E-state index contributed by atoms with van der Waals surface area (Å²) in [6, 6.07) is 6.03. The molecule has 14 nitrogen and oxygen atoms in total. The molecule has 1 aromatic heterocycles. The van der Waals surface area contributed by atoms with E-state index >= 15 is 0 Å². The van der Waals surface area contributed by atoms with Gasteiger partial charge in [-0.2, -0.15) is 16.8 Å². The maximum Gasteiger partial charge on any atom is 0.466 e. The molecule has 0 unspecified atom stereocenters. The van der Waals surface area contributed by atoms with Crippen LogP contribution in [0.4, 0.5) is 0 Å². The first kappa shape index (κ1) is 25.8. The summed E-state index contributed by atoms with van der Waals surface area (Å²) in [6.45, 7) is -0.710. The molecule has 3 rings (SSSR count). The average molecular weight is 529 g/mol. The minimum Gasteiger partial charge on any atom is -0.394 e. The second-order valence-electron chi connectivity index (χ2n) is 6.92. The van der Waals surface area contributed by atoms with E-state index in [9.17, 15) is 41.8 Å². The second kappa shape index (κ2) is 9.82. The third-order valence-electron chi connectivity index (χ3n) is 4.68. The second-order valence-corrected chi connectivity index (χ2v) is 10.4. The zero-order chi connectivity index (χ0) is 24.6. The third kappa shape index (κ3) is 6.01. The lowest BCUT2D eigenvalue weighted by Gasteiger charge is -2.39. The highest BCUT2D eigenvalue weighted by atomic mass is 32.3. The van der Waals surface area contributed by atoms with Gasteiger partial charge in [-0.3, -0.25) is 9.11 Å². The molecule has 1 saturated heterocycles. The minimum absolute atomic E-state index is 0.0999. The molecule has 0 aliphatic carbocycles. The molecule has 1 aliphatic rings. The number of oxime groups is 1. The van der Waals surface area contributed by atoms with Crippen molar-refractivity contribution in [1.82, 2.24) is 3.97 Å². The number of aromatic nitrogens is 1. The Kier molecular flexibility index (Phi) is 7.68. The maximum atomic E-state index is 11.7. The predicted molar refractivity (Wildman–Crippen MR) is 114 cm³/mol. The number of rotatable bonds is 7. The van der Waals surface area contributed by atoms with Crippen LogP contribution in [-0.2, 0) is 36.1 Å². The smallest absolute Gasteiger partial charge is 0.394 e. The molecule has 1 aliphatic heterocycles. The van der Waals surface area contributed by atoms with Gasteiger partial charge in [0, 0.05) is 18.0 Å². The first-order valence-corrected chi connectivity index (χ1v) is 12.7. The fourth-order valence-corrected chi connectivity index (χ4v) is 5.18. The van der Waals surface area contributed by atoms with E-state index < -0.39 is 57.2 Å². The molecule has 2 aromatic rings. The third-order valence-corrected chi connectivity index (χ3v) is 6.86. The zero-order valence-electron chi connectivity index (χ0n) is 16.4. The van der Waals surface area contributed by atoms with Gasteiger partial charge in [0.2, 0.25) is 0 Å². The molecule has 1 fully saturated rings. The van der Waals surface area contributed by atoms with Crippen molar-refractivity contribution >= 4 is 48.4 Å². The lowest BCUT2D eigenvalue weighted by Crippen LogP contribution is -2.57. The van der Waals surface area contributed by atoms with Crippen molar-refractivity contribution in [2.24, 2.45) is 5.16 Å². The van der Waals surface area contributed by atoms with Crippen molar-refractivity contribution in [3.63, 3.8) is 0 Å². The number of aliphatic hydroxyl groups excluding tert-OH is 4. The summed E-state index contributed by atoms with van der Waals surface area (Å²) < 4.78 is 73.8. The summed E-state index contributed by atoms with van der Waals surface area (Å²) in [6.07, 6.45) is -5.61. The fraction of sp³-hybridized carbons (Fsp3) is 0.438. The van der Waals surface area contributed by atoms with Crippen LogP contribution in [0.3, 0.4) is 0 Å². The number of hydrogen-bond donors (Lipinski definition) is 6. The molecule has 0 saturated carbocycles. The van der Waals surface area contributed by atoms with Crippen LogP contribution in [-0.4, -0.2) is 91.8 Å². The monoisotopic (exact) mass is 528 g/mol. The first-order chi connectivity index (χ1) is 15.3. The van der Waals surface area contributed by atoms with Crippen LogP contribution in [0.25, 0.3) is 10.9 Å². The summed E-state index contributed by atoms with van der Waals surface area (Å²) in [5, 5.41) is 42.8. The van der Waals surface area contributed by atoms with Gasteiger partial charge < -0.3 is 25.2 Å². The molecule has 5 atom stereocenters. The Hall–Kier alpha value is -1.80. The Labute approximate surface area is 191 Å². The van der Waals surface area contributed by atoms with Gasteiger partial charge >= 0.3 is 20.7 Å². The van der Waals surface area contributed by atoms with Crippen molar-refractivity contribution in [1.29, 1.82) is 0 Å². The van der Waals surface area contributed by atoms with Gasteiger partial charge in [-0.15, -0.1) is 0 Å². The first-order valence-electron chi connectivity index (χ1n) is 9.09. The summed E-state index contributed by atoms with van der Waals surface area (Å²) in [5.74, 6) is 0. The Morgan fingerprint density at radius 2 is 1.76 bits per heavy atom. The molecule has 1 aromatic carbocycles. The van der Waals surface area contributed by atoms with E-state index in [0.29, 0.717) is 21.1 Å². The van der Waals surface area contributed by atoms with E-state index in [0.717, 1.165) is 6.20 Å². The van der Waals surface area contributed by atoms with Crippen molar-refractivity contribution in [3.05, 3.63) is 36.0 Å². The van der Waals surface area contributed by atoms with Crippen LogP contribution in [0.5, 0.6) is 0 Å². The molecule has 17 heteroatoms. The molecule has 184 valence electrons. The molecular weight excluding hydrogens is 508 g/mol. The molecule has 0 radical (unpaired) electrons. The van der Waals surface area contributed by atoms with E-state index in [1.54, 1.807) is 6.07 Å². The number of ether oxygens (including phenoxy) is 1. The molecule has 0 amide bonds. The predicted octanol–water partition coefficient (Wildman–Crippen LogP) is -1.50. The SMILES string of the molecule is O=S(=O)(O)O/N=C(\Cc1cn(S(=O)(=O)O)c2ccccc12)S[C@@H]1O[C@@H](CO)[C@@H](O)[C@H](O)[C@H]1O. The molecule has 6 N–H and O–H groups in total. The summed E-state index contributed by atoms with van der Waals surface area (Å²) in [5.41, 5.74) is -1.06. The van der Waals surface area contributed by atoms with Crippen LogP contribution in [0.1, 0.15) is 5.56 Å². The molecule has 2 heterocycles. The average Bonchev–Trinajstić information content (AvgIpc) is 3.11. The van der Waals surface area contributed by atoms with Crippen molar-refractivity contribution in [2.75, 3.05) is 6.61 Å². The van der Waals surface area contributed by atoms with Gasteiger partial charge in [-0.1, -0.05) is 35.1 Å². The number of aliphatic hydroxyl groups is 4. The van der Waals surface area contributed by atoms with E-state index in [-0.39, 0.29) is 22.5 Å². The van der Waals surface area contributed by atoms with Gasteiger partial charge in [-0.25, -0.2) is 8.26 Å². The topological polar surface area (TPSA) is 225 Å². The lowest BCUT2D eigenvalue weighted by atomic mass is 10.0. The zero-order valence-corrected chi connectivity index (χ0v) is 18.9. The number of para-hydroxylation sites is 1. The fourth-order valence-electron chi connectivity index (χ4n) is 3.20. The summed E-state index contributed by atoms with van der Waals surface area (Å²) >= 11 is 0.533. The van der Waals surface area contributed by atoms with Crippen LogP contribution < -0.4 is 0 Å². The highest BCUT2D eigenvalue weighted by Crippen LogP contribution is 2.32. The van der Waals surface area contributed by atoms with Crippen LogP contribution in [0.15, 0.2) is 35.6 Å². The van der Waals surface area contributed by atoms with E-state index in [2.05, 4.69) is 9.44 Å². The van der Waals surface area contributed by atoms with Crippen LogP contribution in [0, 0.1) is 0 Å². The van der Waals surface area contributed by atoms with Gasteiger partial charge in [0.25, 0.3) is 0 Å². The number of hydrogen-bond acceptors (Lipinski definition) is 12. The summed E-state index contributed by atoms with van der Waals surface area (Å²) in [4.78, 5) is 0. The van der Waals surface area contributed by atoms with E-state index in [1.807, 2.05) is 0 Å². The van der Waals surface area contributed by atoms with Gasteiger partial charge in [0.05, 0.1) is 12.1 Å². The Bertz CT molecular complexity index is 1240. The van der Waals surface area contributed by atoms with Gasteiger partial charge in [0.1, 0.15) is 34.9 Å². The Morgan fingerprint density at radius 3 is 2.36 bits per heavy atom. The summed E-state index contributed by atoms with van der Waals surface area (Å²) in [7, 11) is -9.73. The standard InChI is InChI=1S/C16H20N2O12S3/c19-7-11-13(20)14(21)15(22)16(29-11)31-12(17-30-33(26,27)28)5-8-6-18(32(23,24)25)10-4-2-1-3-9(8)10/h1-4,6,11,13-16,19-22H,5,7H2,(H,23,24,25)(H,26,27,28)/b17-12+/t11-,13+,14-,15+,16-/m0/s1. The van der Waals surface area contributed by atoms with E-state index in [4.69, 9.17) is 9.29 Å². The number of benzene rings is 1. The molecular formula is C16H20N2O12S3. The van der Waals surface area contributed by atoms with Crippen molar-refractivity contribution in [2.45, 2.75) is 36.3 Å². The normalized spacial score (nSPS) is 27.1.